The van der Waals surface area contributed by atoms with Crippen molar-refractivity contribution < 1.29 is 14.3 Å². The first-order valence-electron chi connectivity index (χ1n) is 8.27. The van der Waals surface area contributed by atoms with Crippen LogP contribution >= 0.6 is 0 Å². The minimum atomic E-state index is -0.600. The van der Waals surface area contributed by atoms with Crippen LogP contribution in [-0.2, 0) is 11.3 Å². The minimum absolute atomic E-state index is 0.136. The van der Waals surface area contributed by atoms with E-state index in [0.717, 1.165) is 5.39 Å². The second-order valence-corrected chi connectivity index (χ2v) is 6.54. The van der Waals surface area contributed by atoms with E-state index in [2.05, 4.69) is 10.3 Å². The normalized spacial score (nSPS) is 12.8. The number of hydrogen-bond acceptors (Lipinski definition) is 5. The number of furan rings is 1. The van der Waals surface area contributed by atoms with Crippen molar-refractivity contribution in [3.8, 4) is 0 Å². The summed E-state index contributed by atoms with van der Waals surface area (Å²) in [7, 11) is 0. The topological polar surface area (TPSA) is 97.4 Å². The van der Waals surface area contributed by atoms with Crippen molar-refractivity contribution in [2.45, 2.75) is 32.9 Å². The monoisotopic (exact) mass is 343 g/mol. The Kier molecular flexibility index (Phi) is 4.85. The van der Waals surface area contributed by atoms with Crippen molar-refractivity contribution in [1.82, 2.24) is 14.9 Å². The molecule has 1 amide bonds. The summed E-state index contributed by atoms with van der Waals surface area (Å²) in [5.41, 5.74) is 0.807. The van der Waals surface area contributed by atoms with Gasteiger partial charge in [0.2, 0.25) is 11.5 Å². The van der Waals surface area contributed by atoms with Gasteiger partial charge < -0.3 is 14.8 Å². The maximum absolute atomic E-state index is 12.5. The quantitative estimate of drug-likeness (QED) is 0.709. The smallest absolute Gasteiger partial charge is 0.297 e. The molecule has 2 aromatic heterocycles. The molecule has 7 nitrogen and oxygen atoms in total. The summed E-state index contributed by atoms with van der Waals surface area (Å²) in [5.74, 6) is -0.0172. The van der Waals surface area contributed by atoms with E-state index in [9.17, 15) is 14.7 Å². The Labute approximate surface area is 144 Å². The second-order valence-electron chi connectivity index (χ2n) is 6.54. The SMILES string of the molecule is CC(C)CC(O)CNC(=O)Cn1cnc2c(oc3ccccc32)c1=O. The number of nitrogens with zero attached hydrogens (tertiary/aromatic N) is 2. The van der Waals surface area contributed by atoms with Crippen molar-refractivity contribution in [1.29, 1.82) is 0 Å². The molecule has 0 bridgehead atoms. The highest BCUT2D eigenvalue weighted by molar-refractivity contribution is 6.01. The second kappa shape index (κ2) is 7.06. The standard InChI is InChI=1S/C18H21N3O4/c1-11(2)7-12(22)8-19-15(23)9-21-10-20-16-13-5-3-4-6-14(13)25-17(16)18(21)24/h3-6,10-12,22H,7-9H2,1-2H3,(H,19,23). The molecule has 0 aliphatic carbocycles. The Morgan fingerprint density at radius 2 is 2.12 bits per heavy atom. The van der Waals surface area contributed by atoms with Crippen LogP contribution in [0.3, 0.4) is 0 Å². The maximum Gasteiger partial charge on any atom is 0.297 e. The van der Waals surface area contributed by atoms with E-state index in [0.29, 0.717) is 23.4 Å². The summed E-state index contributed by atoms with van der Waals surface area (Å²) in [6.45, 7) is 3.98. The number of rotatable bonds is 6. The minimum Gasteiger partial charge on any atom is -0.448 e. The van der Waals surface area contributed by atoms with Crippen LogP contribution in [0.5, 0.6) is 0 Å². The molecule has 2 N–H and O–H groups in total. The first kappa shape index (κ1) is 17.2. The Hall–Kier alpha value is -2.67. The zero-order valence-corrected chi connectivity index (χ0v) is 14.2. The lowest BCUT2D eigenvalue weighted by atomic mass is 10.1. The van der Waals surface area contributed by atoms with Gasteiger partial charge in [-0.15, -0.1) is 0 Å². The molecule has 1 atom stereocenters. The van der Waals surface area contributed by atoms with Gasteiger partial charge in [0.25, 0.3) is 5.56 Å². The third kappa shape index (κ3) is 3.71. The Balaban J connectivity index is 1.76. The molecule has 1 unspecified atom stereocenters. The number of aromatic nitrogens is 2. The maximum atomic E-state index is 12.5. The van der Waals surface area contributed by atoms with Gasteiger partial charge in [-0.05, 0) is 24.5 Å². The molecular weight excluding hydrogens is 322 g/mol. The van der Waals surface area contributed by atoms with Gasteiger partial charge in [-0.2, -0.15) is 0 Å². The van der Waals surface area contributed by atoms with Crippen LogP contribution in [0, 0.1) is 5.92 Å². The highest BCUT2D eigenvalue weighted by atomic mass is 16.3. The fourth-order valence-corrected chi connectivity index (χ4v) is 2.80. The first-order chi connectivity index (χ1) is 12.0. The molecule has 132 valence electrons. The number of benzene rings is 1. The highest BCUT2D eigenvalue weighted by Gasteiger charge is 2.15. The van der Waals surface area contributed by atoms with E-state index in [1.165, 1.54) is 10.9 Å². The van der Waals surface area contributed by atoms with Crippen molar-refractivity contribution in [2.24, 2.45) is 5.92 Å². The van der Waals surface area contributed by atoms with Gasteiger partial charge in [0, 0.05) is 11.9 Å². The lowest BCUT2D eigenvalue weighted by Crippen LogP contribution is -2.37. The number of amides is 1. The van der Waals surface area contributed by atoms with Gasteiger partial charge in [0.05, 0.1) is 12.4 Å². The Morgan fingerprint density at radius 1 is 1.36 bits per heavy atom. The number of aliphatic hydroxyl groups is 1. The lowest BCUT2D eigenvalue weighted by Gasteiger charge is -2.14. The Bertz CT molecular complexity index is 958. The first-order valence-corrected chi connectivity index (χ1v) is 8.27. The number of fused-ring (bicyclic) bond motifs is 3. The van der Waals surface area contributed by atoms with Crippen molar-refractivity contribution in [3.63, 3.8) is 0 Å². The summed E-state index contributed by atoms with van der Waals surface area (Å²) in [4.78, 5) is 28.8. The van der Waals surface area contributed by atoms with Gasteiger partial charge in [0.1, 0.15) is 17.6 Å². The molecule has 7 heteroatoms. The van der Waals surface area contributed by atoms with Crippen LogP contribution < -0.4 is 10.9 Å². The van der Waals surface area contributed by atoms with Gasteiger partial charge in [-0.1, -0.05) is 26.0 Å². The van der Waals surface area contributed by atoms with Gasteiger partial charge in [-0.25, -0.2) is 4.98 Å². The van der Waals surface area contributed by atoms with Crippen molar-refractivity contribution in [2.75, 3.05) is 6.54 Å². The molecule has 1 aromatic carbocycles. The summed E-state index contributed by atoms with van der Waals surface area (Å²) < 4.78 is 6.78. The van der Waals surface area contributed by atoms with E-state index in [-0.39, 0.29) is 24.6 Å². The molecule has 3 aromatic rings. The average molecular weight is 343 g/mol. The van der Waals surface area contributed by atoms with E-state index >= 15 is 0 Å². The molecule has 25 heavy (non-hydrogen) atoms. The molecule has 2 heterocycles. The number of aliphatic hydroxyl groups excluding tert-OH is 1. The van der Waals surface area contributed by atoms with E-state index in [1.807, 2.05) is 32.0 Å². The molecule has 0 spiro atoms. The van der Waals surface area contributed by atoms with Crippen LogP contribution in [0.4, 0.5) is 0 Å². The predicted octanol–water partition coefficient (Wildman–Crippen LogP) is 1.67. The van der Waals surface area contributed by atoms with Crippen LogP contribution in [0.15, 0.2) is 39.8 Å². The summed E-state index contributed by atoms with van der Waals surface area (Å²) >= 11 is 0. The average Bonchev–Trinajstić information content (AvgIpc) is 2.94. The largest absolute Gasteiger partial charge is 0.448 e. The van der Waals surface area contributed by atoms with E-state index in [4.69, 9.17) is 4.42 Å². The third-order valence-corrected chi connectivity index (χ3v) is 3.94. The van der Waals surface area contributed by atoms with Crippen LogP contribution in [0.2, 0.25) is 0 Å². The fraction of sp³-hybridized carbons (Fsp3) is 0.389. The Morgan fingerprint density at radius 3 is 2.88 bits per heavy atom. The summed E-state index contributed by atoms with van der Waals surface area (Å²) in [5, 5.41) is 13.2. The fourth-order valence-electron chi connectivity index (χ4n) is 2.80. The van der Waals surface area contributed by atoms with Crippen LogP contribution in [0.25, 0.3) is 22.1 Å². The lowest BCUT2D eigenvalue weighted by molar-refractivity contribution is -0.122. The number of hydrogen-bond donors (Lipinski definition) is 2. The molecule has 0 saturated heterocycles. The zero-order valence-electron chi connectivity index (χ0n) is 14.2. The summed E-state index contributed by atoms with van der Waals surface area (Å²) in [6, 6.07) is 7.27. The van der Waals surface area contributed by atoms with Crippen LogP contribution in [-0.4, -0.2) is 33.2 Å². The molecule has 0 radical (unpaired) electrons. The molecule has 0 aliphatic rings. The number of para-hydroxylation sites is 1. The van der Waals surface area contributed by atoms with Gasteiger partial charge in [0.15, 0.2) is 0 Å². The number of carbonyl (C=O) groups excluding carboxylic acids is 1. The zero-order chi connectivity index (χ0) is 18.0. The van der Waals surface area contributed by atoms with Crippen LogP contribution in [0.1, 0.15) is 20.3 Å². The van der Waals surface area contributed by atoms with E-state index < -0.39 is 11.7 Å². The predicted molar refractivity (Wildman–Crippen MR) is 94.2 cm³/mol. The van der Waals surface area contributed by atoms with E-state index in [1.54, 1.807) is 6.07 Å². The van der Waals surface area contributed by atoms with Crippen molar-refractivity contribution in [3.05, 3.63) is 40.9 Å². The number of nitrogens with one attached hydrogen (secondary N) is 1. The van der Waals surface area contributed by atoms with Gasteiger partial charge in [-0.3, -0.25) is 14.2 Å². The summed E-state index contributed by atoms with van der Waals surface area (Å²) in [6.07, 6.45) is 1.35. The molecule has 3 rings (SSSR count). The number of carbonyl (C=O) groups is 1. The molecule has 0 saturated carbocycles. The van der Waals surface area contributed by atoms with Gasteiger partial charge >= 0.3 is 0 Å². The third-order valence-electron chi connectivity index (χ3n) is 3.94. The molecular formula is C18H21N3O4. The molecule has 0 aliphatic heterocycles. The highest BCUT2D eigenvalue weighted by Crippen LogP contribution is 2.23. The molecule has 0 fully saturated rings. The van der Waals surface area contributed by atoms with Crippen molar-refractivity contribution >= 4 is 28.0 Å².